The average molecular weight is 227 g/mol. The lowest BCUT2D eigenvalue weighted by atomic mass is 10.1. The van der Waals surface area contributed by atoms with E-state index >= 15 is 0 Å². The van der Waals surface area contributed by atoms with Crippen LogP contribution in [0.5, 0.6) is 0 Å². The maximum absolute atomic E-state index is 11.2. The van der Waals surface area contributed by atoms with Crippen LogP contribution >= 0.6 is 0 Å². The Bertz CT molecular complexity index is 218. The molecule has 0 bridgehead atoms. The highest BCUT2D eigenvalue weighted by molar-refractivity contribution is 5.73. The van der Waals surface area contributed by atoms with Crippen molar-refractivity contribution in [3.63, 3.8) is 0 Å². The van der Waals surface area contributed by atoms with Crippen LogP contribution in [-0.4, -0.2) is 44.2 Å². The van der Waals surface area contributed by atoms with Crippen molar-refractivity contribution >= 4 is 6.03 Å². The monoisotopic (exact) mass is 227 g/mol. The molecule has 2 N–H and O–H groups in total. The lowest BCUT2D eigenvalue weighted by molar-refractivity contribution is 0.217. The molecule has 4 nitrogen and oxygen atoms in total. The Morgan fingerprint density at radius 3 is 2.62 bits per heavy atom. The molecule has 2 atom stereocenters. The summed E-state index contributed by atoms with van der Waals surface area (Å²) in [6.07, 6.45) is 5.26. The van der Waals surface area contributed by atoms with Crippen LogP contribution < -0.4 is 10.6 Å². The second-order valence-corrected chi connectivity index (χ2v) is 4.86. The highest BCUT2D eigenvalue weighted by atomic mass is 16.2. The Kier molecular flexibility index (Phi) is 5.60. The van der Waals surface area contributed by atoms with Crippen molar-refractivity contribution in [2.45, 2.75) is 38.6 Å². The molecular weight excluding hydrogens is 202 g/mol. The van der Waals surface area contributed by atoms with E-state index in [0.717, 1.165) is 12.5 Å². The van der Waals surface area contributed by atoms with Crippen molar-refractivity contribution in [1.82, 2.24) is 15.5 Å². The molecule has 0 aromatic heterocycles. The van der Waals surface area contributed by atoms with Crippen molar-refractivity contribution in [2.75, 3.05) is 27.2 Å². The Hall–Kier alpha value is -0.770. The molecule has 0 spiro atoms. The lowest BCUT2D eigenvalue weighted by Crippen LogP contribution is -2.40. The maximum atomic E-state index is 11.2. The molecule has 1 aliphatic rings. The summed E-state index contributed by atoms with van der Waals surface area (Å²) in [6, 6.07) is 0.654. The van der Waals surface area contributed by atoms with Crippen LogP contribution in [0.2, 0.25) is 0 Å². The topological polar surface area (TPSA) is 44.4 Å². The molecule has 0 aromatic carbocycles. The highest BCUT2D eigenvalue weighted by Gasteiger charge is 2.22. The molecule has 4 heteroatoms. The van der Waals surface area contributed by atoms with Gasteiger partial charge in [0.2, 0.25) is 0 Å². The third-order valence-electron chi connectivity index (χ3n) is 3.36. The fraction of sp³-hybridized carbons (Fsp3) is 0.917. The van der Waals surface area contributed by atoms with Gasteiger partial charge in [-0.05, 0) is 25.2 Å². The van der Waals surface area contributed by atoms with E-state index in [1.54, 1.807) is 19.0 Å². The van der Waals surface area contributed by atoms with Gasteiger partial charge in [-0.15, -0.1) is 0 Å². The number of carbonyl (C=O) groups excluding carboxylic acids is 1. The Balaban J connectivity index is 2.02. The van der Waals surface area contributed by atoms with Gasteiger partial charge in [-0.25, -0.2) is 4.79 Å². The summed E-state index contributed by atoms with van der Waals surface area (Å²) >= 11 is 0. The SMILES string of the molecule is CCC1CCC(NCCNC(=O)N(C)C)C1. The number of urea groups is 1. The highest BCUT2D eigenvalue weighted by Crippen LogP contribution is 2.27. The summed E-state index contributed by atoms with van der Waals surface area (Å²) in [7, 11) is 3.51. The van der Waals surface area contributed by atoms with E-state index in [0.29, 0.717) is 12.6 Å². The summed E-state index contributed by atoms with van der Waals surface area (Å²) < 4.78 is 0. The van der Waals surface area contributed by atoms with Crippen molar-refractivity contribution < 1.29 is 4.79 Å². The van der Waals surface area contributed by atoms with Crippen LogP contribution in [0.1, 0.15) is 32.6 Å². The van der Waals surface area contributed by atoms with Gasteiger partial charge in [-0.2, -0.15) is 0 Å². The van der Waals surface area contributed by atoms with Crippen LogP contribution in [0.25, 0.3) is 0 Å². The Labute approximate surface area is 98.8 Å². The number of hydrogen-bond acceptors (Lipinski definition) is 2. The van der Waals surface area contributed by atoms with Gasteiger partial charge < -0.3 is 15.5 Å². The van der Waals surface area contributed by atoms with Gasteiger partial charge in [-0.1, -0.05) is 13.3 Å². The van der Waals surface area contributed by atoms with Crippen LogP contribution in [0.4, 0.5) is 4.79 Å². The number of carbonyl (C=O) groups is 1. The van der Waals surface area contributed by atoms with Gasteiger partial charge in [0.15, 0.2) is 0 Å². The van der Waals surface area contributed by atoms with Crippen LogP contribution in [0.15, 0.2) is 0 Å². The third-order valence-corrected chi connectivity index (χ3v) is 3.36. The quantitative estimate of drug-likeness (QED) is 0.698. The predicted molar refractivity (Wildman–Crippen MR) is 66.5 cm³/mol. The van der Waals surface area contributed by atoms with E-state index in [-0.39, 0.29) is 6.03 Å². The van der Waals surface area contributed by atoms with E-state index < -0.39 is 0 Å². The van der Waals surface area contributed by atoms with Crippen molar-refractivity contribution in [1.29, 1.82) is 0 Å². The second kappa shape index (κ2) is 6.74. The summed E-state index contributed by atoms with van der Waals surface area (Å²) in [5.41, 5.74) is 0. The minimum absolute atomic E-state index is 0.0142. The Morgan fingerprint density at radius 1 is 1.31 bits per heavy atom. The molecule has 0 aliphatic heterocycles. The first-order valence-electron chi connectivity index (χ1n) is 6.32. The van der Waals surface area contributed by atoms with Crippen molar-refractivity contribution in [2.24, 2.45) is 5.92 Å². The van der Waals surface area contributed by atoms with Crippen LogP contribution in [0, 0.1) is 5.92 Å². The molecular formula is C12H25N3O. The van der Waals surface area contributed by atoms with Gasteiger partial charge in [0.05, 0.1) is 0 Å². The molecule has 94 valence electrons. The summed E-state index contributed by atoms with van der Waals surface area (Å²) in [4.78, 5) is 12.8. The second-order valence-electron chi connectivity index (χ2n) is 4.86. The first-order chi connectivity index (χ1) is 7.63. The molecule has 2 unspecified atom stereocenters. The summed E-state index contributed by atoms with van der Waals surface area (Å²) in [5, 5.41) is 6.36. The molecule has 2 amide bonds. The fourth-order valence-corrected chi connectivity index (χ4v) is 2.23. The Morgan fingerprint density at radius 2 is 2.06 bits per heavy atom. The number of hydrogen-bond donors (Lipinski definition) is 2. The predicted octanol–water partition coefficient (Wildman–Crippen LogP) is 1.43. The smallest absolute Gasteiger partial charge is 0.316 e. The van der Waals surface area contributed by atoms with Gasteiger partial charge in [0.1, 0.15) is 0 Å². The van der Waals surface area contributed by atoms with E-state index in [4.69, 9.17) is 0 Å². The average Bonchev–Trinajstić information content (AvgIpc) is 2.71. The number of nitrogens with zero attached hydrogens (tertiary/aromatic N) is 1. The first kappa shape index (κ1) is 13.3. The van der Waals surface area contributed by atoms with E-state index in [1.165, 1.54) is 25.7 Å². The molecule has 1 rings (SSSR count). The first-order valence-corrected chi connectivity index (χ1v) is 6.32. The largest absolute Gasteiger partial charge is 0.337 e. The standard InChI is InChI=1S/C12H25N3O/c1-4-10-5-6-11(9-10)13-7-8-14-12(16)15(2)3/h10-11,13H,4-9H2,1-3H3,(H,14,16). The summed E-state index contributed by atoms with van der Waals surface area (Å²) in [6.45, 7) is 3.86. The lowest BCUT2D eigenvalue weighted by Gasteiger charge is -2.15. The zero-order valence-electron chi connectivity index (χ0n) is 10.8. The molecule has 0 heterocycles. The van der Waals surface area contributed by atoms with Gasteiger partial charge >= 0.3 is 6.03 Å². The molecule has 0 aromatic rings. The molecule has 0 saturated heterocycles. The molecule has 1 fully saturated rings. The number of nitrogens with one attached hydrogen (secondary N) is 2. The zero-order chi connectivity index (χ0) is 12.0. The van der Waals surface area contributed by atoms with Crippen LogP contribution in [0.3, 0.4) is 0 Å². The molecule has 0 radical (unpaired) electrons. The van der Waals surface area contributed by atoms with E-state index in [1.807, 2.05) is 0 Å². The van der Waals surface area contributed by atoms with Gasteiger partial charge in [0, 0.05) is 33.2 Å². The zero-order valence-corrected chi connectivity index (χ0v) is 10.8. The normalized spacial score (nSPS) is 24.4. The van der Waals surface area contributed by atoms with Crippen LogP contribution in [-0.2, 0) is 0 Å². The molecule has 1 aliphatic carbocycles. The summed E-state index contributed by atoms with van der Waals surface area (Å²) in [5.74, 6) is 0.911. The van der Waals surface area contributed by atoms with Crippen molar-refractivity contribution in [3.8, 4) is 0 Å². The number of amides is 2. The van der Waals surface area contributed by atoms with Gasteiger partial charge in [-0.3, -0.25) is 0 Å². The minimum Gasteiger partial charge on any atom is -0.337 e. The molecule has 16 heavy (non-hydrogen) atoms. The fourth-order valence-electron chi connectivity index (χ4n) is 2.23. The van der Waals surface area contributed by atoms with E-state index in [9.17, 15) is 4.79 Å². The minimum atomic E-state index is -0.0142. The third kappa shape index (κ3) is 4.39. The van der Waals surface area contributed by atoms with Gasteiger partial charge in [0.25, 0.3) is 0 Å². The number of rotatable bonds is 5. The van der Waals surface area contributed by atoms with Crippen molar-refractivity contribution in [3.05, 3.63) is 0 Å². The molecule has 1 saturated carbocycles. The maximum Gasteiger partial charge on any atom is 0.316 e. The van der Waals surface area contributed by atoms with E-state index in [2.05, 4.69) is 17.6 Å².